The number of sulfonamides is 1. The van der Waals surface area contributed by atoms with Crippen molar-refractivity contribution in [2.24, 2.45) is 17.8 Å². The lowest BCUT2D eigenvalue weighted by atomic mass is 10.0. The van der Waals surface area contributed by atoms with Gasteiger partial charge in [0.25, 0.3) is 0 Å². The minimum absolute atomic E-state index is 0.0362. The van der Waals surface area contributed by atoms with E-state index in [1.54, 1.807) is 26.1 Å². The first-order chi connectivity index (χ1) is 15.3. The van der Waals surface area contributed by atoms with Crippen LogP contribution in [0, 0.1) is 24.7 Å². The molecule has 32 heavy (non-hydrogen) atoms. The van der Waals surface area contributed by atoms with Crippen molar-refractivity contribution in [1.82, 2.24) is 19.6 Å². The van der Waals surface area contributed by atoms with Gasteiger partial charge in [-0.25, -0.2) is 18.4 Å². The zero-order valence-electron chi connectivity index (χ0n) is 18.3. The molecule has 0 radical (unpaired) electrons. The van der Waals surface area contributed by atoms with E-state index in [2.05, 4.69) is 26.6 Å². The van der Waals surface area contributed by atoms with Crippen LogP contribution in [0.15, 0.2) is 30.6 Å². The van der Waals surface area contributed by atoms with Crippen molar-refractivity contribution in [3.05, 3.63) is 36.3 Å². The number of piperidine rings is 1. The Morgan fingerprint density at radius 2 is 1.94 bits per heavy atom. The number of nitrogens with one attached hydrogen (secondary N) is 1. The summed E-state index contributed by atoms with van der Waals surface area (Å²) < 4.78 is 34.0. The summed E-state index contributed by atoms with van der Waals surface area (Å²) in [5.74, 6) is 2.71. The molecule has 0 aromatic carbocycles. The average Bonchev–Trinajstić information content (AvgIpc) is 3.12. The number of likely N-dealkylation sites (tertiary alicyclic amines) is 1. The standard InChI is InChI=1S/C22H27N5O4S/c1-4-32(29,30)25-14-8-17(16-7-13(2)27(28)21-15(16)5-6-23-21)22(24-9-14)31-12-20-18-10-26(3)11-19(18)20/h5-9,18-20,25,28H,4,10-12H2,1-3H3. The van der Waals surface area contributed by atoms with Crippen molar-refractivity contribution < 1.29 is 18.4 Å². The summed E-state index contributed by atoms with van der Waals surface area (Å²) in [7, 11) is -1.31. The van der Waals surface area contributed by atoms with Crippen LogP contribution in [0.4, 0.5) is 5.69 Å². The fraction of sp³-hybridized carbons (Fsp3) is 0.455. The summed E-state index contributed by atoms with van der Waals surface area (Å²) in [5, 5.41) is 10.3. The van der Waals surface area contributed by atoms with Gasteiger partial charge >= 0.3 is 0 Å². The van der Waals surface area contributed by atoms with Crippen LogP contribution in [0.5, 0.6) is 5.88 Å². The van der Waals surface area contributed by atoms with Gasteiger partial charge < -0.3 is 14.8 Å². The Bertz CT molecular complexity index is 1230. The van der Waals surface area contributed by atoms with E-state index in [9.17, 15) is 13.6 Å². The molecule has 0 bridgehead atoms. The zero-order valence-corrected chi connectivity index (χ0v) is 19.1. The van der Waals surface area contributed by atoms with Crippen LogP contribution in [-0.4, -0.2) is 65.7 Å². The molecule has 2 N–H and O–H groups in total. The van der Waals surface area contributed by atoms with Crippen molar-refractivity contribution in [1.29, 1.82) is 0 Å². The van der Waals surface area contributed by atoms with E-state index in [1.165, 1.54) is 6.20 Å². The summed E-state index contributed by atoms with van der Waals surface area (Å²) in [6, 6.07) is 5.37. The maximum atomic E-state index is 12.1. The molecule has 1 saturated carbocycles. The summed E-state index contributed by atoms with van der Waals surface area (Å²) in [6.45, 7) is 6.14. The second-order valence-electron chi connectivity index (χ2n) is 8.80. The Labute approximate surface area is 187 Å². The van der Waals surface area contributed by atoms with Crippen LogP contribution < -0.4 is 9.46 Å². The highest BCUT2D eigenvalue weighted by Gasteiger charge is 2.55. The van der Waals surface area contributed by atoms with Crippen molar-refractivity contribution in [2.75, 3.05) is 37.2 Å². The fourth-order valence-corrected chi connectivity index (χ4v) is 5.41. The summed E-state index contributed by atoms with van der Waals surface area (Å²) in [6.07, 6.45) is 3.11. The lowest BCUT2D eigenvalue weighted by Gasteiger charge is -2.18. The van der Waals surface area contributed by atoms with Crippen LogP contribution in [0.3, 0.4) is 0 Å². The largest absolute Gasteiger partial charge is 0.477 e. The quantitative estimate of drug-likeness (QED) is 0.525. The summed E-state index contributed by atoms with van der Waals surface area (Å²) in [5.41, 5.74) is 3.12. The fourth-order valence-electron chi connectivity index (χ4n) is 4.79. The van der Waals surface area contributed by atoms with Gasteiger partial charge in [0.05, 0.1) is 29.9 Å². The van der Waals surface area contributed by atoms with Gasteiger partial charge in [-0.3, -0.25) is 4.72 Å². The minimum atomic E-state index is -3.45. The SMILES string of the molecule is CCS(=O)(=O)Nc1cnc(OCC2C3CN(C)CC23)c(-c2cc(C)n(O)c3nccc2-3)c1. The summed E-state index contributed by atoms with van der Waals surface area (Å²) >= 11 is 0. The average molecular weight is 458 g/mol. The van der Waals surface area contributed by atoms with Crippen LogP contribution in [0.1, 0.15) is 12.6 Å². The normalized spacial score (nSPS) is 22.8. The molecule has 1 saturated heterocycles. The van der Waals surface area contributed by atoms with Gasteiger partial charge in [-0.05, 0) is 50.9 Å². The molecule has 170 valence electrons. The van der Waals surface area contributed by atoms with Crippen LogP contribution >= 0.6 is 0 Å². The first-order valence-corrected chi connectivity index (χ1v) is 12.4. The number of fused-ring (bicyclic) bond motifs is 2. The van der Waals surface area contributed by atoms with Gasteiger partial charge in [0.2, 0.25) is 15.9 Å². The Hall–Kier alpha value is -2.85. The number of hydrogen-bond donors (Lipinski definition) is 2. The number of anilines is 1. The van der Waals surface area contributed by atoms with E-state index in [0.29, 0.717) is 53.0 Å². The van der Waals surface area contributed by atoms with E-state index in [-0.39, 0.29) is 5.75 Å². The van der Waals surface area contributed by atoms with E-state index < -0.39 is 10.0 Å². The molecule has 0 spiro atoms. The number of aryl methyl sites for hydroxylation is 1. The minimum Gasteiger partial charge on any atom is -0.477 e. The van der Waals surface area contributed by atoms with Crippen LogP contribution in [-0.2, 0) is 10.0 Å². The van der Waals surface area contributed by atoms with Gasteiger partial charge in [0.1, 0.15) is 0 Å². The lowest BCUT2D eigenvalue weighted by Crippen LogP contribution is -2.21. The Kier molecular flexibility index (Phi) is 5.01. The predicted octanol–water partition coefficient (Wildman–Crippen LogP) is 2.54. The maximum Gasteiger partial charge on any atom is 0.232 e. The molecule has 1 aliphatic carbocycles. The molecule has 4 aliphatic rings. The molecule has 10 heteroatoms. The first kappa shape index (κ1) is 21.0. The van der Waals surface area contributed by atoms with E-state index in [4.69, 9.17) is 4.74 Å². The number of hydrogen-bond acceptors (Lipinski definition) is 7. The second-order valence-corrected chi connectivity index (χ2v) is 10.8. The molecule has 4 heterocycles. The molecule has 1 aromatic rings. The lowest BCUT2D eigenvalue weighted by molar-refractivity contribution is 0.180. The topological polar surface area (TPSA) is 110 Å². The number of nitrogens with zero attached hydrogens (tertiary/aromatic N) is 4. The predicted molar refractivity (Wildman–Crippen MR) is 121 cm³/mol. The molecule has 9 nitrogen and oxygen atoms in total. The Balaban J connectivity index is 1.51. The van der Waals surface area contributed by atoms with E-state index >= 15 is 0 Å². The molecule has 1 aromatic heterocycles. The third-order valence-corrected chi connectivity index (χ3v) is 7.92. The number of pyridine rings is 2. The number of rotatable bonds is 7. The molecule has 5 rings (SSSR count). The van der Waals surface area contributed by atoms with Gasteiger partial charge in [-0.15, -0.1) is 0 Å². The van der Waals surface area contributed by atoms with Gasteiger partial charge in [-0.2, -0.15) is 4.73 Å². The highest BCUT2D eigenvalue weighted by Crippen LogP contribution is 2.51. The smallest absolute Gasteiger partial charge is 0.232 e. The highest BCUT2D eigenvalue weighted by molar-refractivity contribution is 7.92. The molecular formula is C22H27N5O4S. The van der Waals surface area contributed by atoms with Gasteiger partial charge in [-0.1, -0.05) is 0 Å². The molecule has 2 atom stereocenters. The van der Waals surface area contributed by atoms with Crippen LogP contribution in [0.25, 0.3) is 22.5 Å². The molecule has 2 fully saturated rings. The second kappa shape index (κ2) is 7.63. The Morgan fingerprint density at radius 1 is 1.19 bits per heavy atom. The van der Waals surface area contributed by atoms with Crippen molar-refractivity contribution >= 4 is 15.7 Å². The van der Waals surface area contributed by atoms with Crippen molar-refractivity contribution in [2.45, 2.75) is 13.8 Å². The van der Waals surface area contributed by atoms with Crippen molar-refractivity contribution in [3.8, 4) is 28.4 Å². The summed E-state index contributed by atoms with van der Waals surface area (Å²) in [4.78, 5) is 11.1. The molecular weight excluding hydrogens is 430 g/mol. The first-order valence-electron chi connectivity index (χ1n) is 10.8. The molecule has 3 aliphatic heterocycles. The van der Waals surface area contributed by atoms with E-state index in [0.717, 1.165) is 28.9 Å². The third kappa shape index (κ3) is 3.67. The van der Waals surface area contributed by atoms with E-state index in [1.807, 2.05) is 12.1 Å². The third-order valence-electron chi connectivity index (χ3n) is 6.62. The number of aromatic nitrogens is 3. The van der Waals surface area contributed by atoms with Gasteiger partial charge in [0, 0.05) is 41.9 Å². The van der Waals surface area contributed by atoms with Crippen LogP contribution in [0.2, 0.25) is 0 Å². The maximum absolute atomic E-state index is 12.1. The zero-order chi connectivity index (χ0) is 22.6. The monoisotopic (exact) mass is 457 g/mol. The number of ether oxygens (including phenoxy) is 1. The van der Waals surface area contributed by atoms with Gasteiger partial charge in [0.15, 0.2) is 5.82 Å². The molecule has 0 amide bonds. The molecule has 2 unspecified atom stereocenters. The van der Waals surface area contributed by atoms with Crippen molar-refractivity contribution in [3.63, 3.8) is 0 Å². The Morgan fingerprint density at radius 3 is 2.66 bits per heavy atom. The highest BCUT2D eigenvalue weighted by atomic mass is 32.2.